The predicted molar refractivity (Wildman–Crippen MR) is 111 cm³/mol. The van der Waals surface area contributed by atoms with Crippen molar-refractivity contribution < 1.29 is 4.79 Å². The van der Waals surface area contributed by atoms with Crippen LogP contribution in [0.2, 0.25) is 0 Å². The summed E-state index contributed by atoms with van der Waals surface area (Å²) in [5.74, 6) is -0.0956. The standard InChI is InChI=1S/C23H20N4O2/c28-22-20-7-6-19(14-21(20)25-16-26-22)23(29)27(15-18-8-11-24-12-9-18)13-10-17-4-2-1-3-5-17/h1-9,11-12,14,16H,10,13,15H2,(H,25,26,28). The molecule has 0 fully saturated rings. The Morgan fingerprint density at radius 3 is 2.55 bits per heavy atom. The molecule has 0 unspecified atom stereocenters. The van der Waals surface area contributed by atoms with Gasteiger partial charge in [-0.2, -0.15) is 0 Å². The number of nitrogens with zero attached hydrogens (tertiary/aromatic N) is 3. The van der Waals surface area contributed by atoms with Gasteiger partial charge in [0.25, 0.3) is 11.5 Å². The number of H-pyrrole nitrogens is 1. The van der Waals surface area contributed by atoms with Crippen LogP contribution in [0.25, 0.3) is 10.9 Å². The molecule has 0 spiro atoms. The van der Waals surface area contributed by atoms with Crippen LogP contribution in [-0.2, 0) is 13.0 Å². The molecule has 0 aliphatic heterocycles. The second-order valence-corrected chi connectivity index (χ2v) is 6.78. The fourth-order valence-corrected chi connectivity index (χ4v) is 3.25. The van der Waals surface area contributed by atoms with Crippen molar-refractivity contribution >= 4 is 16.8 Å². The Morgan fingerprint density at radius 1 is 0.966 bits per heavy atom. The van der Waals surface area contributed by atoms with Crippen molar-refractivity contribution in [2.75, 3.05) is 6.54 Å². The first-order chi connectivity index (χ1) is 14.2. The molecule has 4 rings (SSSR count). The molecule has 1 amide bonds. The highest BCUT2D eigenvalue weighted by Gasteiger charge is 2.17. The molecule has 0 bridgehead atoms. The largest absolute Gasteiger partial charge is 0.334 e. The van der Waals surface area contributed by atoms with E-state index in [1.165, 1.54) is 11.9 Å². The minimum atomic E-state index is -0.216. The number of hydrogen-bond donors (Lipinski definition) is 1. The van der Waals surface area contributed by atoms with Gasteiger partial charge in [-0.05, 0) is 47.9 Å². The SMILES string of the molecule is O=C(c1ccc2c(=O)[nH]cnc2c1)N(CCc1ccccc1)Cc1ccncc1. The van der Waals surface area contributed by atoms with Gasteiger partial charge >= 0.3 is 0 Å². The Kier molecular flexibility index (Phi) is 5.42. The highest BCUT2D eigenvalue weighted by atomic mass is 16.2. The monoisotopic (exact) mass is 384 g/mol. The van der Waals surface area contributed by atoms with Crippen molar-refractivity contribution in [2.45, 2.75) is 13.0 Å². The number of fused-ring (bicyclic) bond motifs is 1. The van der Waals surface area contributed by atoms with Crippen LogP contribution >= 0.6 is 0 Å². The summed E-state index contributed by atoms with van der Waals surface area (Å²) in [6.07, 6.45) is 5.55. The third kappa shape index (κ3) is 4.38. The highest BCUT2D eigenvalue weighted by molar-refractivity contribution is 5.97. The second-order valence-electron chi connectivity index (χ2n) is 6.78. The van der Waals surface area contributed by atoms with Gasteiger partial charge in [-0.3, -0.25) is 14.6 Å². The molecular formula is C23H20N4O2. The zero-order valence-corrected chi connectivity index (χ0v) is 15.8. The van der Waals surface area contributed by atoms with Crippen LogP contribution in [-0.4, -0.2) is 32.3 Å². The number of amides is 1. The van der Waals surface area contributed by atoms with Crippen LogP contribution in [0.1, 0.15) is 21.5 Å². The molecule has 0 aliphatic rings. The van der Waals surface area contributed by atoms with Crippen molar-refractivity contribution in [3.05, 3.63) is 106 Å². The summed E-state index contributed by atoms with van der Waals surface area (Å²) in [7, 11) is 0. The van der Waals surface area contributed by atoms with E-state index >= 15 is 0 Å². The second kappa shape index (κ2) is 8.48. The smallest absolute Gasteiger partial charge is 0.258 e. The lowest BCUT2D eigenvalue weighted by Gasteiger charge is -2.23. The molecule has 2 heterocycles. The summed E-state index contributed by atoms with van der Waals surface area (Å²) >= 11 is 0. The molecule has 0 saturated heterocycles. The summed E-state index contributed by atoms with van der Waals surface area (Å²) in [5, 5.41) is 0.467. The summed E-state index contributed by atoms with van der Waals surface area (Å²) in [6, 6.07) is 18.9. The average Bonchev–Trinajstić information content (AvgIpc) is 2.77. The Labute approximate surface area is 167 Å². The Morgan fingerprint density at radius 2 is 1.76 bits per heavy atom. The maximum absolute atomic E-state index is 13.3. The summed E-state index contributed by atoms with van der Waals surface area (Å²) in [4.78, 5) is 37.8. The first kappa shape index (κ1) is 18.6. The van der Waals surface area contributed by atoms with E-state index in [4.69, 9.17) is 0 Å². The van der Waals surface area contributed by atoms with Gasteiger partial charge in [-0.1, -0.05) is 30.3 Å². The van der Waals surface area contributed by atoms with Crippen molar-refractivity contribution in [1.29, 1.82) is 0 Å². The number of rotatable bonds is 6. The van der Waals surface area contributed by atoms with Gasteiger partial charge < -0.3 is 9.88 Å². The molecule has 0 atom stereocenters. The third-order valence-electron chi connectivity index (χ3n) is 4.81. The quantitative estimate of drug-likeness (QED) is 0.554. The molecule has 1 N–H and O–H groups in total. The fraction of sp³-hybridized carbons (Fsp3) is 0.130. The van der Waals surface area contributed by atoms with Gasteiger partial charge in [0, 0.05) is 31.0 Å². The van der Waals surface area contributed by atoms with E-state index in [0.29, 0.717) is 29.6 Å². The van der Waals surface area contributed by atoms with E-state index in [2.05, 4.69) is 27.1 Å². The van der Waals surface area contributed by atoms with E-state index < -0.39 is 0 Å². The van der Waals surface area contributed by atoms with E-state index in [9.17, 15) is 9.59 Å². The summed E-state index contributed by atoms with van der Waals surface area (Å²) < 4.78 is 0. The van der Waals surface area contributed by atoms with E-state index in [0.717, 1.165) is 12.0 Å². The lowest BCUT2D eigenvalue weighted by Crippen LogP contribution is -2.32. The van der Waals surface area contributed by atoms with E-state index in [1.54, 1.807) is 30.6 Å². The number of carbonyl (C=O) groups excluding carboxylic acids is 1. The van der Waals surface area contributed by atoms with Crippen molar-refractivity contribution in [2.24, 2.45) is 0 Å². The Bertz CT molecular complexity index is 1170. The van der Waals surface area contributed by atoms with Crippen molar-refractivity contribution in [3.8, 4) is 0 Å². The van der Waals surface area contributed by atoms with Crippen molar-refractivity contribution in [1.82, 2.24) is 19.9 Å². The summed E-state index contributed by atoms with van der Waals surface area (Å²) in [6.45, 7) is 1.06. The number of pyridine rings is 1. The topological polar surface area (TPSA) is 79.0 Å². The molecule has 6 heteroatoms. The number of benzene rings is 2. The first-order valence-corrected chi connectivity index (χ1v) is 9.40. The highest BCUT2D eigenvalue weighted by Crippen LogP contribution is 2.15. The Balaban J connectivity index is 1.62. The van der Waals surface area contributed by atoms with Crippen LogP contribution in [0.4, 0.5) is 0 Å². The average molecular weight is 384 g/mol. The van der Waals surface area contributed by atoms with Crippen molar-refractivity contribution in [3.63, 3.8) is 0 Å². The van der Waals surface area contributed by atoms with Gasteiger partial charge in [0.15, 0.2) is 0 Å². The molecule has 0 aliphatic carbocycles. The molecule has 0 radical (unpaired) electrons. The lowest BCUT2D eigenvalue weighted by molar-refractivity contribution is 0.0745. The number of carbonyl (C=O) groups is 1. The molecule has 4 aromatic rings. The van der Waals surface area contributed by atoms with Gasteiger partial charge in [0.1, 0.15) is 0 Å². The molecule has 2 aromatic heterocycles. The first-order valence-electron chi connectivity index (χ1n) is 9.40. The lowest BCUT2D eigenvalue weighted by atomic mass is 10.1. The number of hydrogen-bond acceptors (Lipinski definition) is 4. The number of aromatic amines is 1. The fourth-order valence-electron chi connectivity index (χ4n) is 3.25. The van der Waals surface area contributed by atoms with Crippen LogP contribution in [0.15, 0.2) is 84.2 Å². The molecule has 0 saturated carbocycles. The third-order valence-corrected chi connectivity index (χ3v) is 4.81. The normalized spacial score (nSPS) is 10.8. The van der Waals surface area contributed by atoms with Gasteiger partial charge in [-0.15, -0.1) is 0 Å². The predicted octanol–water partition coefficient (Wildman–Crippen LogP) is 3.20. The molecular weight excluding hydrogens is 364 g/mol. The van der Waals surface area contributed by atoms with Gasteiger partial charge in [0.2, 0.25) is 0 Å². The zero-order chi connectivity index (χ0) is 20.1. The van der Waals surface area contributed by atoms with Gasteiger partial charge in [-0.25, -0.2) is 4.98 Å². The van der Waals surface area contributed by atoms with Crippen LogP contribution in [0.5, 0.6) is 0 Å². The Hall–Kier alpha value is -3.80. The molecule has 29 heavy (non-hydrogen) atoms. The zero-order valence-electron chi connectivity index (χ0n) is 15.8. The van der Waals surface area contributed by atoms with E-state index in [-0.39, 0.29) is 11.5 Å². The molecule has 6 nitrogen and oxygen atoms in total. The van der Waals surface area contributed by atoms with Crippen LogP contribution in [0.3, 0.4) is 0 Å². The minimum Gasteiger partial charge on any atom is -0.334 e. The van der Waals surface area contributed by atoms with Crippen LogP contribution in [0, 0.1) is 0 Å². The number of aromatic nitrogens is 3. The van der Waals surface area contributed by atoms with E-state index in [1.807, 2.05) is 35.2 Å². The molecule has 2 aromatic carbocycles. The maximum Gasteiger partial charge on any atom is 0.258 e. The summed E-state index contributed by atoms with van der Waals surface area (Å²) in [5.41, 5.74) is 2.99. The number of nitrogens with one attached hydrogen (secondary N) is 1. The van der Waals surface area contributed by atoms with Gasteiger partial charge in [0.05, 0.1) is 17.2 Å². The maximum atomic E-state index is 13.3. The molecule has 144 valence electrons. The van der Waals surface area contributed by atoms with Crippen LogP contribution < -0.4 is 5.56 Å². The minimum absolute atomic E-state index is 0.0956.